The molecule has 27 heavy (non-hydrogen) atoms. The van der Waals surface area contributed by atoms with Crippen LogP contribution in [0.5, 0.6) is 11.5 Å². The van der Waals surface area contributed by atoms with Gasteiger partial charge in [0.15, 0.2) is 18.1 Å². The van der Waals surface area contributed by atoms with Crippen molar-refractivity contribution in [2.45, 2.75) is 13.8 Å². The van der Waals surface area contributed by atoms with Gasteiger partial charge in [-0.1, -0.05) is 6.07 Å². The summed E-state index contributed by atoms with van der Waals surface area (Å²) < 4.78 is 10.8. The zero-order chi connectivity index (χ0) is 19.8. The summed E-state index contributed by atoms with van der Waals surface area (Å²) in [5, 5.41) is 13.9. The van der Waals surface area contributed by atoms with Gasteiger partial charge in [-0.3, -0.25) is 9.59 Å². The van der Waals surface area contributed by atoms with Gasteiger partial charge in [-0.25, -0.2) is 0 Å². The smallest absolute Gasteiger partial charge is 0.257 e. The van der Waals surface area contributed by atoms with E-state index in [4.69, 9.17) is 9.47 Å². The fourth-order valence-corrected chi connectivity index (χ4v) is 3.21. The lowest BCUT2D eigenvalue weighted by Crippen LogP contribution is -2.28. The van der Waals surface area contributed by atoms with Crippen molar-refractivity contribution >= 4 is 29.1 Å². The second-order valence-electron chi connectivity index (χ2n) is 5.58. The third-order valence-corrected chi connectivity index (χ3v) is 4.68. The van der Waals surface area contributed by atoms with Gasteiger partial charge in [-0.2, -0.15) is 5.26 Å². The number of nitrogens with one attached hydrogen (secondary N) is 1. The number of amides is 1. The number of aryl methyl sites for hydroxylation is 1. The number of ether oxygens (including phenoxy) is 2. The van der Waals surface area contributed by atoms with Gasteiger partial charge >= 0.3 is 0 Å². The fourth-order valence-electron chi connectivity index (χ4n) is 2.33. The standard InChI is InChI=1S/C20H20N2O4S/c1-4-22-18(23)12-26-16-6-5-14(10-17(16)25-3)9-15(11-21)19(24)20-13(2)7-8-27-20/h5-10H,4,12H2,1-3H3,(H,22,23). The Morgan fingerprint density at radius 3 is 2.67 bits per heavy atom. The number of carbonyl (C=O) groups excluding carboxylic acids is 2. The number of Topliss-reactive ketones (excluding diaryl/α,β-unsaturated/α-hetero) is 1. The first-order chi connectivity index (χ1) is 13.0. The zero-order valence-corrected chi connectivity index (χ0v) is 16.2. The molecule has 0 aliphatic carbocycles. The minimum Gasteiger partial charge on any atom is -0.493 e. The summed E-state index contributed by atoms with van der Waals surface area (Å²) in [7, 11) is 1.48. The van der Waals surface area contributed by atoms with E-state index in [1.807, 2.05) is 31.4 Å². The predicted molar refractivity (Wildman–Crippen MR) is 104 cm³/mol. The number of methoxy groups -OCH3 is 1. The van der Waals surface area contributed by atoms with E-state index in [0.717, 1.165) is 5.56 Å². The number of likely N-dealkylation sites (N-methyl/N-ethyl adjacent to an activating group) is 1. The SMILES string of the molecule is CCNC(=O)COc1ccc(C=C(C#N)C(=O)c2sccc2C)cc1OC. The van der Waals surface area contributed by atoms with Crippen molar-refractivity contribution in [3.05, 3.63) is 51.2 Å². The first-order valence-corrected chi connectivity index (χ1v) is 9.16. The van der Waals surface area contributed by atoms with Crippen LogP contribution in [-0.4, -0.2) is 32.0 Å². The van der Waals surface area contributed by atoms with E-state index < -0.39 is 0 Å². The van der Waals surface area contributed by atoms with Crippen LogP contribution in [0, 0.1) is 18.3 Å². The molecule has 1 heterocycles. The van der Waals surface area contributed by atoms with Crippen LogP contribution in [-0.2, 0) is 4.79 Å². The number of hydrogen-bond donors (Lipinski definition) is 1. The van der Waals surface area contributed by atoms with Crippen LogP contribution in [0.15, 0.2) is 35.2 Å². The summed E-state index contributed by atoms with van der Waals surface area (Å²) in [4.78, 5) is 24.6. The molecule has 0 atom stereocenters. The molecule has 1 aromatic heterocycles. The molecular weight excluding hydrogens is 364 g/mol. The molecule has 0 saturated carbocycles. The average molecular weight is 384 g/mol. The first kappa shape index (κ1) is 20.2. The van der Waals surface area contributed by atoms with Crippen LogP contribution in [0.2, 0.25) is 0 Å². The summed E-state index contributed by atoms with van der Waals surface area (Å²) >= 11 is 1.31. The van der Waals surface area contributed by atoms with Crippen LogP contribution in [0.1, 0.15) is 27.7 Å². The van der Waals surface area contributed by atoms with Gasteiger partial charge in [0.25, 0.3) is 5.91 Å². The largest absolute Gasteiger partial charge is 0.493 e. The molecule has 2 aromatic rings. The van der Waals surface area contributed by atoms with Crippen LogP contribution < -0.4 is 14.8 Å². The topological polar surface area (TPSA) is 88.4 Å². The zero-order valence-electron chi connectivity index (χ0n) is 15.4. The molecular formula is C20H20N2O4S. The molecule has 0 unspecified atom stereocenters. The third-order valence-electron chi connectivity index (χ3n) is 3.66. The second-order valence-corrected chi connectivity index (χ2v) is 6.50. The fraction of sp³-hybridized carbons (Fsp3) is 0.250. The molecule has 0 saturated heterocycles. The van der Waals surface area contributed by atoms with E-state index in [0.29, 0.717) is 28.5 Å². The molecule has 1 amide bonds. The maximum Gasteiger partial charge on any atom is 0.257 e. The number of allylic oxidation sites excluding steroid dienone is 1. The van der Waals surface area contributed by atoms with Crippen LogP contribution in [0.25, 0.3) is 6.08 Å². The molecule has 2 rings (SSSR count). The number of nitrogens with zero attached hydrogens (tertiary/aromatic N) is 1. The van der Waals surface area contributed by atoms with Gasteiger partial charge in [0.1, 0.15) is 11.6 Å². The number of rotatable bonds is 8. The number of hydrogen-bond acceptors (Lipinski definition) is 6. The Kier molecular flexibility index (Phi) is 7.15. The minimum absolute atomic E-state index is 0.0404. The van der Waals surface area contributed by atoms with Gasteiger partial charge in [0, 0.05) is 6.54 Å². The number of ketones is 1. The van der Waals surface area contributed by atoms with Gasteiger partial charge in [-0.15, -0.1) is 11.3 Å². The lowest BCUT2D eigenvalue weighted by molar-refractivity contribution is -0.123. The van der Waals surface area contributed by atoms with Gasteiger partial charge in [0.05, 0.1) is 12.0 Å². The summed E-state index contributed by atoms with van der Waals surface area (Å²) in [6, 6.07) is 8.80. The first-order valence-electron chi connectivity index (χ1n) is 8.28. The van der Waals surface area contributed by atoms with E-state index >= 15 is 0 Å². The number of carbonyl (C=O) groups is 2. The molecule has 0 aliphatic heterocycles. The van der Waals surface area contributed by atoms with Crippen molar-refractivity contribution in [3.8, 4) is 17.6 Å². The van der Waals surface area contributed by atoms with Gasteiger partial charge in [0.2, 0.25) is 5.78 Å². The Labute approximate surface area is 162 Å². The molecule has 0 bridgehead atoms. The van der Waals surface area contributed by atoms with Crippen LogP contribution in [0.4, 0.5) is 0 Å². The van der Waals surface area contributed by atoms with Gasteiger partial charge in [-0.05, 0) is 54.6 Å². The van der Waals surface area contributed by atoms with Crippen molar-refractivity contribution in [2.24, 2.45) is 0 Å². The lowest BCUT2D eigenvalue weighted by Gasteiger charge is -2.11. The quantitative estimate of drug-likeness (QED) is 0.428. The normalized spacial score (nSPS) is 10.8. The summed E-state index contributed by atoms with van der Waals surface area (Å²) in [5.41, 5.74) is 1.51. The van der Waals surface area contributed by atoms with Crippen molar-refractivity contribution in [1.29, 1.82) is 5.26 Å². The number of nitriles is 1. The molecule has 6 nitrogen and oxygen atoms in total. The predicted octanol–water partition coefficient (Wildman–Crippen LogP) is 3.37. The maximum absolute atomic E-state index is 12.5. The molecule has 140 valence electrons. The summed E-state index contributed by atoms with van der Waals surface area (Å²) in [6.07, 6.45) is 1.51. The van der Waals surface area contributed by atoms with E-state index in [1.54, 1.807) is 18.2 Å². The highest BCUT2D eigenvalue weighted by Gasteiger charge is 2.16. The lowest BCUT2D eigenvalue weighted by atomic mass is 10.0. The molecule has 0 aliphatic rings. The highest BCUT2D eigenvalue weighted by Crippen LogP contribution is 2.29. The maximum atomic E-state index is 12.5. The molecule has 1 aromatic carbocycles. The monoisotopic (exact) mass is 384 g/mol. The summed E-state index contributed by atoms with van der Waals surface area (Å²) in [6.45, 7) is 4.06. The highest BCUT2D eigenvalue weighted by molar-refractivity contribution is 7.12. The molecule has 7 heteroatoms. The minimum atomic E-state index is -0.305. The van der Waals surface area contributed by atoms with Crippen LogP contribution >= 0.6 is 11.3 Å². The molecule has 0 spiro atoms. The van der Waals surface area contributed by atoms with Crippen molar-refractivity contribution in [1.82, 2.24) is 5.32 Å². The van der Waals surface area contributed by atoms with E-state index in [-0.39, 0.29) is 23.9 Å². The Balaban J connectivity index is 2.24. The Morgan fingerprint density at radius 1 is 1.30 bits per heavy atom. The van der Waals surface area contributed by atoms with Crippen molar-refractivity contribution < 1.29 is 19.1 Å². The van der Waals surface area contributed by atoms with E-state index in [2.05, 4.69) is 5.32 Å². The number of thiophene rings is 1. The van der Waals surface area contributed by atoms with E-state index in [1.165, 1.54) is 24.5 Å². The Morgan fingerprint density at radius 2 is 2.07 bits per heavy atom. The van der Waals surface area contributed by atoms with Gasteiger partial charge < -0.3 is 14.8 Å². The second kappa shape index (κ2) is 9.55. The van der Waals surface area contributed by atoms with E-state index in [9.17, 15) is 14.9 Å². The molecule has 0 fully saturated rings. The van der Waals surface area contributed by atoms with Crippen molar-refractivity contribution in [2.75, 3.05) is 20.3 Å². The Bertz CT molecular complexity index is 909. The number of benzene rings is 1. The van der Waals surface area contributed by atoms with Crippen molar-refractivity contribution in [3.63, 3.8) is 0 Å². The molecule has 0 radical (unpaired) electrons. The third kappa shape index (κ3) is 5.19. The Hall–Kier alpha value is -3.11. The van der Waals surface area contributed by atoms with Crippen LogP contribution in [0.3, 0.4) is 0 Å². The highest BCUT2D eigenvalue weighted by atomic mass is 32.1. The molecule has 1 N–H and O–H groups in total. The summed E-state index contributed by atoms with van der Waals surface area (Å²) in [5.74, 6) is 0.276. The average Bonchev–Trinajstić information content (AvgIpc) is 3.10.